The van der Waals surface area contributed by atoms with E-state index >= 15 is 0 Å². The number of methoxy groups -OCH3 is 3. The average molecular weight is 418 g/mol. The Morgan fingerprint density at radius 3 is 2.43 bits per heavy atom. The molecule has 164 valence electrons. The van der Waals surface area contributed by atoms with Crippen LogP contribution in [0.2, 0.25) is 0 Å². The quantitative estimate of drug-likeness (QED) is 0.392. The molecular formula is C23H31NO6. The summed E-state index contributed by atoms with van der Waals surface area (Å²) in [7, 11) is 4.47. The lowest BCUT2D eigenvalue weighted by Crippen LogP contribution is -2.33. The van der Waals surface area contributed by atoms with Gasteiger partial charge in [-0.05, 0) is 36.0 Å². The molecule has 0 heterocycles. The Bertz CT molecular complexity index is 853. The number of aliphatic imine (C=N–C) groups is 1. The largest absolute Gasteiger partial charge is 0.511 e. The first-order valence-electron chi connectivity index (χ1n) is 9.97. The predicted octanol–water partition coefficient (Wildman–Crippen LogP) is 3.84. The summed E-state index contributed by atoms with van der Waals surface area (Å²) in [5.74, 6) is 0.646. The van der Waals surface area contributed by atoms with Crippen molar-refractivity contribution in [2.24, 2.45) is 10.4 Å². The molecule has 7 nitrogen and oxygen atoms in total. The standard InChI is InChI=1S/C23H31NO6/c1-23(2)13-16(22(18(26)14-23)17(25)7-9-21(27)30-5)24-11-10-15-6-8-19(28-3)20(12-15)29-4/h6,8,12,25H,7,9-11,13-14H2,1-5H3/b22-17+,24-16?. The molecule has 0 aromatic heterocycles. The van der Waals surface area contributed by atoms with E-state index in [0.29, 0.717) is 43.0 Å². The number of aliphatic hydroxyl groups is 1. The first kappa shape index (κ1) is 23.4. The molecule has 0 amide bonds. The van der Waals surface area contributed by atoms with Gasteiger partial charge >= 0.3 is 5.97 Å². The number of carbonyl (C=O) groups is 2. The molecule has 0 atom stereocenters. The monoisotopic (exact) mass is 417 g/mol. The van der Waals surface area contributed by atoms with E-state index in [1.807, 2.05) is 32.0 Å². The van der Waals surface area contributed by atoms with Crippen LogP contribution in [0.15, 0.2) is 34.5 Å². The summed E-state index contributed by atoms with van der Waals surface area (Å²) in [6.07, 6.45) is 1.64. The molecule has 1 fully saturated rings. The summed E-state index contributed by atoms with van der Waals surface area (Å²) in [5.41, 5.74) is 1.65. The number of benzene rings is 1. The van der Waals surface area contributed by atoms with Gasteiger partial charge in [0.1, 0.15) is 5.76 Å². The van der Waals surface area contributed by atoms with Gasteiger partial charge in [0.05, 0.1) is 33.3 Å². The van der Waals surface area contributed by atoms with Crippen molar-refractivity contribution in [1.82, 2.24) is 0 Å². The maximum Gasteiger partial charge on any atom is 0.305 e. The van der Waals surface area contributed by atoms with E-state index < -0.39 is 5.97 Å². The van der Waals surface area contributed by atoms with Gasteiger partial charge in [-0.25, -0.2) is 0 Å². The molecule has 2 rings (SSSR count). The van der Waals surface area contributed by atoms with Crippen LogP contribution >= 0.6 is 0 Å². The number of Topliss-reactive ketones (excluding diaryl/α,β-unsaturated/α-hetero) is 1. The smallest absolute Gasteiger partial charge is 0.305 e. The van der Waals surface area contributed by atoms with Crippen LogP contribution < -0.4 is 9.47 Å². The van der Waals surface area contributed by atoms with Gasteiger partial charge in [-0.15, -0.1) is 0 Å². The highest BCUT2D eigenvalue weighted by Gasteiger charge is 2.36. The molecule has 0 spiro atoms. The van der Waals surface area contributed by atoms with Crippen LogP contribution in [0.4, 0.5) is 0 Å². The second-order valence-corrected chi connectivity index (χ2v) is 8.11. The fourth-order valence-electron chi connectivity index (χ4n) is 3.55. The van der Waals surface area contributed by atoms with Crippen LogP contribution in [0.5, 0.6) is 11.5 Å². The van der Waals surface area contributed by atoms with Crippen molar-refractivity contribution in [1.29, 1.82) is 0 Å². The first-order valence-corrected chi connectivity index (χ1v) is 9.97. The number of ether oxygens (including phenoxy) is 3. The van der Waals surface area contributed by atoms with Gasteiger partial charge < -0.3 is 19.3 Å². The van der Waals surface area contributed by atoms with E-state index in [4.69, 9.17) is 9.47 Å². The number of hydrogen-bond donors (Lipinski definition) is 1. The average Bonchev–Trinajstić information content (AvgIpc) is 2.70. The number of ketones is 1. The molecule has 1 aliphatic rings. The minimum atomic E-state index is -0.433. The number of esters is 1. The van der Waals surface area contributed by atoms with Crippen molar-refractivity contribution in [2.45, 2.75) is 46.0 Å². The summed E-state index contributed by atoms with van der Waals surface area (Å²) >= 11 is 0. The van der Waals surface area contributed by atoms with Crippen molar-refractivity contribution in [3.63, 3.8) is 0 Å². The number of aliphatic hydroxyl groups excluding tert-OH is 1. The van der Waals surface area contributed by atoms with Crippen molar-refractivity contribution in [3.05, 3.63) is 35.1 Å². The molecule has 1 aromatic carbocycles. The minimum absolute atomic E-state index is 0.0153. The fourth-order valence-corrected chi connectivity index (χ4v) is 3.55. The fraction of sp³-hybridized carbons (Fsp3) is 0.522. The van der Waals surface area contributed by atoms with E-state index in [2.05, 4.69) is 9.73 Å². The topological polar surface area (TPSA) is 94.4 Å². The highest BCUT2D eigenvalue weighted by atomic mass is 16.5. The molecule has 0 unspecified atom stereocenters. The number of rotatable bonds is 8. The number of hydrogen-bond acceptors (Lipinski definition) is 7. The van der Waals surface area contributed by atoms with E-state index in [1.165, 1.54) is 7.11 Å². The Labute approximate surface area is 177 Å². The Hall–Kier alpha value is -2.83. The van der Waals surface area contributed by atoms with Crippen molar-refractivity contribution in [2.75, 3.05) is 27.9 Å². The molecule has 1 aromatic rings. The molecular weight excluding hydrogens is 386 g/mol. The van der Waals surface area contributed by atoms with E-state index in [0.717, 1.165) is 5.56 Å². The lowest BCUT2D eigenvalue weighted by atomic mass is 9.73. The van der Waals surface area contributed by atoms with Gasteiger partial charge in [0, 0.05) is 25.1 Å². The zero-order chi connectivity index (χ0) is 22.3. The summed E-state index contributed by atoms with van der Waals surface area (Å²) in [5, 5.41) is 10.5. The third-order valence-electron chi connectivity index (χ3n) is 5.09. The van der Waals surface area contributed by atoms with Crippen LogP contribution in [-0.2, 0) is 20.7 Å². The SMILES string of the molecule is COC(=O)CC/C(O)=C1\C(=O)CC(C)(C)CC1=NCCc1ccc(OC)c(OC)c1. The Balaban J connectivity index is 2.22. The summed E-state index contributed by atoms with van der Waals surface area (Å²) in [6, 6.07) is 5.69. The van der Waals surface area contributed by atoms with E-state index in [1.54, 1.807) is 14.2 Å². The van der Waals surface area contributed by atoms with Gasteiger partial charge in [0.15, 0.2) is 17.3 Å². The highest BCUT2D eigenvalue weighted by molar-refractivity contribution is 6.24. The lowest BCUT2D eigenvalue weighted by Gasteiger charge is -2.31. The second-order valence-electron chi connectivity index (χ2n) is 8.11. The Kier molecular flexibility index (Phi) is 8.03. The molecule has 0 saturated heterocycles. The van der Waals surface area contributed by atoms with Crippen molar-refractivity contribution < 1.29 is 28.9 Å². The van der Waals surface area contributed by atoms with Crippen LogP contribution in [0.3, 0.4) is 0 Å². The molecule has 0 aliphatic heterocycles. The second kappa shape index (κ2) is 10.3. The van der Waals surface area contributed by atoms with Crippen molar-refractivity contribution in [3.8, 4) is 11.5 Å². The summed E-state index contributed by atoms with van der Waals surface area (Å²) < 4.78 is 15.2. The lowest BCUT2D eigenvalue weighted by molar-refractivity contribution is -0.140. The normalized spacial score (nSPS) is 18.8. The third-order valence-corrected chi connectivity index (χ3v) is 5.09. The summed E-state index contributed by atoms with van der Waals surface area (Å²) in [4.78, 5) is 28.8. The Morgan fingerprint density at radius 1 is 1.10 bits per heavy atom. The number of allylic oxidation sites excluding steroid dienone is 2. The van der Waals surface area contributed by atoms with Crippen LogP contribution in [-0.4, -0.2) is 50.4 Å². The molecule has 1 aliphatic carbocycles. The van der Waals surface area contributed by atoms with Gasteiger partial charge in [-0.1, -0.05) is 19.9 Å². The van der Waals surface area contributed by atoms with Gasteiger partial charge in [-0.2, -0.15) is 0 Å². The molecule has 0 bridgehead atoms. The molecule has 1 N–H and O–H groups in total. The summed E-state index contributed by atoms with van der Waals surface area (Å²) in [6.45, 7) is 4.48. The Morgan fingerprint density at radius 2 is 1.80 bits per heavy atom. The third kappa shape index (κ3) is 6.08. The maximum atomic E-state index is 12.7. The number of nitrogens with zero attached hydrogens (tertiary/aromatic N) is 1. The van der Waals surface area contributed by atoms with Gasteiger partial charge in [0.2, 0.25) is 0 Å². The molecule has 30 heavy (non-hydrogen) atoms. The minimum Gasteiger partial charge on any atom is -0.511 e. The predicted molar refractivity (Wildman–Crippen MR) is 114 cm³/mol. The van der Waals surface area contributed by atoms with Gasteiger partial charge in [0.25, 0.3) is 0 Å². The zero-order valence-corrected chi connectivity index (χ0v) is 18.4. The van der Waals surface area contributed by atoms with E-state index in [-0.39, 0.29) is 35.4 Å². The maximum absolute atomic E-state index is 12.7. The van der Waals surface area contributed by atoms with Gasteiger partial charge in [-0.3, -0.25) is 14.6 Å². The van der Waals surface area contributed by atoms with E-state index in [9.17, 15) is 14.7 Å². The van der Waals surface area contributed by atoms with Crippen LogP contribution in [0.25, 0.3) is 0 Å². The molecule has 1 saturated carbocycles. The van der Waals surface area contributed by atoms with Crippen molar-refractivity contribution >= 4 is 17.5 Å². The highest BCUT2D eigenvalue weighted by Crippen LogP contribution is 2.36. The van der Waals surface area contributed by atoms with Crippen LogP contribution in [0, 0.1) is 5.41 Å². The first-order chi connectivity index (χ1) is 14.2. The van der Waals surface area contributed by atoms with Crippen LogP contribution in [0.1, 0.15) is 45.1 Å². The number of carbonyl (C=O) groups excluding carboxylic acids is 2. The molecule has 0 radical (unpaired) electrons. The zero-order valence-electron chi connectivity index (χ0n) is 18.4. The molecule has 7 heteroatoms.